The number of guanidine groups is 1. The summed E-state index contributed by atoms with van der Waals surface area (Å²) in [6.07, 6.45) is 3.34. The van der Waals surface area contributed by atoms with E-state index in [1.54, 1.807) is 0 Å². The Labute approximate surface area is 143 Å². The number of benzene rings is 1. The van der Waals surface area contributed by atoms with Gasteiger partial charge in [0.25, 0.3) is 0 Å². The lowest BCUT2D eigenvalue weighted by Gasteiger charge is -2.31. The van der Waals surface area contributed by atoms with Gasteiger partial charge in [-0.3, -0.25) is 4.99 Å². The molecule has 0 bridgehead atoms. The molecule has 1 fully saturated rings. The minimum atomic E-state index is 0. The molecule has 1 aromatic carbocycles. The van der Waals surface area contributed by atoms with Crippen molar-refractivity contribution in [3.63, 3.8) is 0 Å². The van der Waals surface area contributed by atoms with Crippen molar-refractivity contribution in [1.29, 1.82) is 0 Å². The van der Waals surface area contributed by atoms with Crippen molar-refractivity contribution in [3.8, 4) is 0 Å². The van der Waals surface area contributed by atoms with Crippen molar-refractivity contribution < 1.29 is 0 Å². The fourth-order valence-electron chi connectivity index (χ4n) is 2.49. The smallest absolute Gasteiger partial charge is 0.191 e. The highest BCUT2D eigenvalue weighted by molar-refractivity contribution is 14.0. The zero-order valence-corrected chi connectivity index (χ0v) is 15.0. The molecule has 1 unspecified atom stereocenters. The van der Waals surface area contributed by atoms with Gasteiger partial charge in [0.2, 0.25) is 0 Å². The Morgan fingerprint density at radius 1 is 1.45 bits per heavy atom. The highest BCUT2D eigenvalue weighted by Gasteiger charge is 2.17. The number of rotatable bonds is 3. The minimum Gasteiger partial charge on any atom is -0.370 e. The van der Waals surface area contributed by atoms with Gasteiger partial charge in [0.05, 0.1) is 0 Å². The summed E-state index contributed by atoms with van der Waals surface area (Å²) in [7, 11) is 0. The lowest BCUT2D eigenvalue weighted by Crippen LogP contribution is -2.43. The van der Waals surface area contributed by atoms with Gasteiger partial charge >= 0.3 is 0 Å². The van der Waals surface area contributed by atoms with Crippen LogP contribution in [0, 0.1) is 5.92 Å². The Balaban J connectivity index is 0.00000200. The number of nitrogens with two attached hydrogens (primary N) is 1. The SMILES string of the molecule is CC1CCCN(C(N)=NCCc2ccccc2Cl)C1.I. The van der Waals surface area contributed by atoms with Gasteiger partial charge in [-0.15, -0.1) is 24.0 Å². The standard InChI is InChI=1S/C15H22ClN3.HI/c1-12-5-4-10-19(11-12)15(17)18-9-8-13-6-2-3-7-14(13)16;/h2-3,6-7,12H,4-5,8-11H2,1H3,(H2,17,18);1H. The molecular weight excluding hydrogens is 385 g/mol. The molecule has 0 radical (unpaired) electrons. The molecule has 1 aliphatic rings. The maximum absolute atomic E-state index is 6.12. The highest BCUT2D eigenvalue weighted by Crippen LogP contribution is 2.16. The van der Waals surface area contributed by atoms with Crippen LogP contribution in [0.2, 0.25) is 5.02 Å². The van der Waals surface area contributed by atoms with Crippen molar-refractivity contribution in [2.45, 2.75) is 26.2 Å². The Bertz CT molecular complexity index is 450. The maximum Gasteiger partial charge on any atom is 0.191 e. The molecule has 0 aromatic heterocycles. The molecule has 1 aliphatic heterocycles. The molecule has 1 aromatic rings. The predicted octanol–water partition coefficient (Wildman–Crippen LogP) is 3.55. The molecule has 1 heterocycles. The first-order valence-corrected chi connectivity index (χ1v) is 7.33. The van der Waals surface area contributed by atoms with E-state index in [2.05, 4.69) is 16.8 Å². The van der Waals surface area contributed by atoms with Crippen LogP contribution in [0.4, 0.5) is 0 Å². The maximum atomic E-state index is 6.12. The number of hydrogen-bond acceptors (Lipinski definition) is 1. The fourth-order valence-corrected chi connectivity index (χ4v) is 2.72. The molecule has 2 rings (SSSR count). The summed E-state index contributed by atoms with van der Waals surface area (Å²) < 4.78 is 0. The average molecular weight is 408 g/mol. The van der Waals surface area contributed by atoms with E-state index in [9.17, 15) is 0 Å². The highest BCUT2D eigenvalue weighted by atomic mass is 127. The second kappa shape index (κ2) is 8.72. The number of halogens is 2. The molecule has 2 N–H and O–H groups in total. The van der Waals surface area contributed by atoms with E-state index in [-0.39, 0.29) is 24.0 Å². The number of aliphatic imine (C=N–C) groups is 1. The number of nitrogens with zero attached hydrogens (tertiary/aromatic N) is 2. The van der Waals surface area contributed by atoms with E-state index in [1.165, 1.54) is 12.8 Å². The second-order valence-electron chi connectivity index (χ2n) is 5.27. The first-order chi connectivity index (χ1) is 9.16. The van der Waals surface area contributed by atoms with Crippen LogP contribution in [0.1, 0.15) is 25.3 Å². The molecule has 1 saturated heterocycles. The normalized spacial score (nSPS) is 19.6. The topological polar surface area (TPSA) is 41.6 Å². The molecule has 0 amide bonds. The van der Waals surface area contributed by atoms with Gasteiger partial charge in [-0.05, 0) is 36.8 Å². The number of hydrogen-bond donors (Lipinski definition) is 1. The Morgan fingerprint density at radius 2 is 2.20 bits per heavy atom. The van der Waals surface area contributed by atoms with Crippen molar-refractivity contribution >= 4 is 41.5 Å². The Hall–Kier alpha value is -0.490. The molecule has 1 atom stereocenters. The van der Waals surface area contributed by atoms with Crippen molar-refractivity contribution in [2.75, 3.05) is 19.6 Å². The largest absolute Gasteiger partial charge is 0.370 e. The van der Waals surface area contributed by atoms with Crippen LogP contribution in [-0.2, 0) is 6.42 Å². The summed E-state index contributed by atoms with van der Waals surface area (Å²) in [4.78, 5) is 6.68. The van der Waals surface area contributed by atoms with E-state index in [0.717, 1.165) is 30.1 Å². The van der Waals surface area contributed by atoms with Gasteiger partial charge in [-0.2, -0.15) is 0 Å². The number of piperidine rings is 1. The van der Waals surface area contributed by atoms with Crippen LogP contribution in [0.3, 0.4) is 0 Å². The monoisotopic (exact) mass is 407 g/mol. The zero-order chi connectivity index (χ0) is 13.7. The van der Waals surface area contributed by atoms with Crippen molar-refractivity contribution in [2.24, 2.45) is 16.6 Å². The van der Waals surface area contributed by atoms with Crippen LogP contribution < -0.4 is 5.73 Å². The summed E-state index contributed by atoms with van der Waals surface area (Å²) in [5, 5.41) is 0.808. The molecule has 5 heteroatoms. The van der Waals surface area contributed by atoms with Crippen LogP contribution >= 0.6 is 35.6 Å². The van der Waals surface area contributed by atoms with E-state index in [1.807, 2.05) is 24.3 Å². The Kier molecular flexibility index (Phi) is 7.66. The van der Waals surface area contributed by atoms with Gasteiger partial charge in [0, 0.05) is 24.7 Å². The van der Waals surface area contributed by atoms with Crippen LogP contribution in [0.25, 0.3) is 0 Å². The molecule has 20 heavy (non-hydrogen) atoms. The van der Waals surface area contributed by atoms with Crippen LogP contribution in [-0.4, -0.2) is 30.5 Å². The van der Waals surface area contributed by atoms with Gasteiger partial charge in [0.1, 0.15) is 0 Å². The van der Waals surface area contributed by atoms with Gasteiger partial charge in [-0.1, -0.05) is 36.7 Å². The molecular formula is C15H23ClIN3. The summed E-state index contributed by atoms with van der Waals surface area (Å²) in [5.74, 6) is 1.39. The fraction of sp³-hybridized carbons (Fsp3) is 0.533. The molecule has 3 nitrogen and oxygen atoms in total. The minimum absolute atomic E-state index is 0. The lowest BCUT2D eigenvalue weighted by atomic mass is 10.0. The summed E-state index contributed by atoms with van der Waals surface area (Å²) in [6, 6.07) is 7.90. The zero-order valence-electron chi connectivity index (χ0n) is 11.9. The van der Waals surface area contributed by atoms with E-state index in [0.29, 0.717) is 18.4 Å². The third kappa shape index (κ3) is 5.13. The quantitative estimate of drug-likeness (QED) is 0.473. The Morgan fingerprint density at radius 3 is 2.90 bits per heavy atom. The molecule has 0 spiro atoms. The van der Waals surface area contributed by atoms with Gasteiger partial charge < -0.3 is 10.6 Å². The summed E-state index contributed by atoms with van der Waals surface area (Å²) in [5.41, 5.74) is 7.19. The van der Waals surface area contributed by atoms with Crippen LogP contribution in [0.5, 0.6) is 0 Å². The van der Waals surface area contributed by atoms with Gasteiger partial charge in [0.15, 0.2) is 5.96 Å². The third-order valence-corrected chi connectivity index (χ3v) is 3.96. The third-order valence-electron chi connectivity index (χ3n) is 3.59. The van der Waals surface area contributed by atoms with Crippen LogP contribution in [0.15, 0.2) is 29.3 Å². The average Bonchev–Trinajstić information content (AvgIpc) is 2.41. The van der Waals surface area contributed by atoms with E-state index >= 15 is 0 Å². The molecule has 0 saturated carbocycles. The summed E-state index contributed by atoms with van der Waals surface area (Å²) in [6.45, 7) is 5.02. The van der Waals surface area contributed by atoms with E-state index in [4.69, 9.17) is 17.3 Å². The van der Waals surface area contributed by atoms with Crippen molar-refractivity contribution in [1.82, 2.24) is 4.90 Å². The van der Waals surface area contributed by atoms with Crippen molar-refractivity contribution in [3.05, 3.63) is 34.9 Å². The second-order valence-corrected chi connectivity index (χ2v) is 5.68. The lowest BCUT2D eigenvalue weighted by molar-refractivity contribution is 0.270. The first-order valence-electron chi connectivity index (χ1n) is 6.95. The van der Waals surface area contributed by atoms with Gasteiger partial charge in [-0.25, -0.2) is 0 Å². The first kappa shape index (κ1) is 17.6. The summed E-state index contributed by atoms with van der Waals surface area (Å²) >= 11 is 6.12. The number of likely N-dealkylation sites (tertiary alicyclic amines) is 1. The molecule has 0 aliphatic carbocycles. The molecule has 112 valence electrons. The predicted molar refractivity (Wildman–Crippen MR) is 97.0 cm³/mol. The van der Waals surface area contributed by atoms with E-state index < -0.39 is 0 Å².